The maximum absolute atomic E-state index is 13.1. The van der Waals surface area contributed by atoms with E-state index in [1.54, 1.807) is 23.1 Å². The van der Waals surface area contributed by atoms with Crippen LogP contribution in [0.5, 0.6) is 5.75 Å². The molecule has 0 saturated carbocycles. The van der Waals surface area contributed by atoms with Gasteiger partial charge >= 0.3 is 0 Å². The summed E-state index contributed by atoms with van der Waals surface area (Å²) in [4.78, 5) is 45.9. The van der Waals surface area contributed by atoms with Crippen LogP contribution in [0.1, 0.15) is 71.0 Å². The van der Waals surface area contributed by atoms with E-state index in [0.29, 0.717) is 66.5 Å². The third-order valence-corrected chi connectivity index (χ3v) is 8.16. The summed E-state index contributed by atoms with van der Waals surface area (Å²) in [5.41, 5.74) is 3.44. The number of carbonyl (C=O) groups excluding carboxylic acids is 3. The van der Waals surface area contributed by atoms with E-state index in [1.165, 1.54) is 18.7 Å². The van der Waals surface area contributed by atoms with Crippen molar-refractivity contribution in [2.24, 2.45) is 5.92 Å². The van der Waals surface area contributed by atoms with Crippen molar-refractivity contribution in [3.63, 3.8) is 0 Å². The van der Waals surface area contributed by atoms with Gasteiger partial charge in [-0.1, -0.05) is 18.2 Å². The molecule has 2 fully saturated rings. The number of nitrogens with zero attached hydrogens (tertiary/aromatic N) is 4. The number of pyridine rings is 1. The summed E-state index contributed by atoms with van der Waals surface area (Å²) in [5.74, 6) is 0.815. The van der Waals surface area contributed by atoms with Gasteiger partial charge in [0, 0.05) is 69.3 Å². The summed E-state index contributed by atoms with van der Waals surface area (Å²) in [6, 6.07) is 20.6. The molecule has 3 heterocycles. The molecule has 5 rings (SSSR count). The van der Waals surface area contributed by atoms with Crippen LogP contribution in [0, 0.1) is 17.2 Å². The lowest BCUT2D eigenvalue weighted by Crippen LogP contribution is -2.42. The average molecular weight is 580 g/mol. The van der Waals surface area contributed by atoms with Gasteiger partial charge in [0.15, 0.2) is 5.78 Å². The number of likely N-dealkylation sites (tertiary alicyclic amines) is 2. The van der Waals surface area contributed by atoms with Crippen molar-refractivity contribution >= 4 is 23.3 Å². The number of amides is 2. The number of anilines is 1. The standard InChI is InChI=1S/C34H37N5O4/c1-24(40)37-29-3-2-4-31(20-29)43-30-13-17-39(18-14-30)34(42)32-10-9-28(22-36-32)33(41)19-25-11-15-38(16-12-25)23-27-7-5-26(21-35)6-8-27/h2-10,20,22,25,30H,11-19,23H2,1H3,(H,37,40). The number of aromatic nitrogens is 1. The van der Waals surface area contributed by atoms with Crippen molar-refractivity contribution in [2.45, 2.75) is 51.7 Å². The zero-order valence-electron chi connectivity index (χ0n) is 24.5. The molecule has 43 heavy (non-hydrogen) atoms. The van der Waals surface area contributed by atoms with Gasteiger partial charge in [0.1, 0.15) is 17.5 Å². The Balaban J connectivity index is 1.05. The molecule has 0 atom stereocenters. The first-order valence-corrected chi connectivity index (χ1v) is 14.9. The normalized spacial score (nSPS) is 16.3. The van der Waals surface area contributed by atoms with Crippen molar-refractivity contribution in [2.75, 3.05) is 31.5 Å². The third kappa shape index (κ3) is 8.27. The summed E-state index contributed by atoms with van der Waals surface area (Å²) >= 11 is 0. The minimum atomic E-state index is -0.139. The van der Waals surface area contributed by atoms with Gasteiger partial charge in [-0.3, -0.25) is 24.3 Å². The van der Waals surface area contributed by atoms with E-state index in [1.807, 2.05) is 42.5 Å². The predicted octanol–water partition coefficient (Wildman–Crippen LogP) is 5.08. The van der Waals surface area contributed by atoms with Crippen LogP contribution < -0.4 is 10.1 Å². The van der Waals surface area contributed by atoms with Gasteiger partial charge in [0.05, 0.1) is 11.6 Å². The summed E-state index contributed by atoms with van der Waals surface area (Å²) in [7, 11) is 0. The van der Waals surface area contributed by atoms with Crippen molar-refractivity contribution in [1.29, 1.82) is 5.26 Å². The van der Waals surface area contributed by atoms with E-state index in [2.05, 4.69) is 21.3 Å². The van der Waals surface area contributed by atoms with E-state index in [4.69, 9.17) is 10.00 Å². The van der Waals surface area contributed by atoms with Crippen LogP contribution in [-0.4, -0.2) is 64.7 Å². The zero-order chi connectivity index (χ0) is 30.2. The molecule has 2 aliphatic rings. The number of carbonyl (C=O) groups is 3. The van der Waals surface area contributed by atoms with Crippen LogP contribution in [-0.2, 0) is 11.3 Å². The number of rotatable bonds is 9. The van der Waals surface area contributed by atoms with Crippen LogP contribution in [0.4, 0.5) is 5.69 Å². The first kappa shape index (κ1) is 29.9. The minimum absolute atomic E-state index is 0.0209. The quantitative estimate of drug-likeness (QED) is 0.352. The molecular weight excluding hydrogens is 542 g/mol. The summed E-state index contributed by atoms with van der Waals surface area (Å²) in [5, 5.41) is 11.7. The van der Waals surface area contributed by atoms with E-state index in [-0.39, 0.29) is 23.7 Å². The van der Waals surface area contributed by atoms with Gasteiger partial charge in [-0.05, 0) is 73.8 Å². The molecule has 2 aliphatic heterocycles. The Kier molecular flexibility index (Phi) is 9.80. The molecule has 3 aromatic rings. The van der Waals surface area contributed by atoms with E-state index >= 15 is 0 Å². The van der Waals surface area contributed by atoms with Gasteiger partial charge in [0.2, 0.25) is 5.91 Å². The number of ether oxygens (including phenoxy) is 1. The van der Waals surface area contributed by atoms with E-state index in [0.717, 1.165) is 32.5 Å². The first-order chi connectivity index (χ1) is 20.9. The SMILES string of the molecule is CC(=O)Nc1cccc(OC2CCN(C(=O)c3ccc(C(=O)CC4CCN(Cc5ccc(C#N)cc5)CC4)cn3)CC2)c1. The molecule has 2 saturated heterocycles. The monoisotopic (exact) mass is 579 g/mol. The van der Waals surface area contributed by atoms with Gasteiger partial charge in [-0.25, -0.2) is 0 Å². The summed E-state index contributed by atoms with van der Waals surface area (Å²) < 4.78 is 6.10. The Morgan fingerprint density at radius 1 is 0.977 bits per heavy atom. The number of hydrogen-bond acceptors (Lipinski definition) is 7. The summed E-state index contributed by atoms with van der Waals surface area (Å²) in [6.07, 6.45) is 5.32. The maximum atomic E-state index is 13.1. The predicted molar refractivity (Wildman–Crippen MR) is 163 cm³/mol. The number of nitrogens with one attached hydrogen (secondary N) is 1. The second kappa shape index (κ2) is 14.1. The number of ketones is 1. The number of nitriles is 1. The second-order valence-electron chi connectivity index (χ2n) is 11.4. The third-order valence-electron chi connectivity index (χ3n) is 8.16. The lowest BCUT2D eigenvalue weighted by atomic mass is 9.90. The molecule has 0 radical (unpaired) electrons. The lowest BCUT2D eigenvalue weighted by Gasteiger charge is -2.32. The summed E-state index contributed by atoms with van der Waals surface area (Å²) in [6.45, 7) is 5.31. The average Bonchev–Trinajstić information content (AvgIpc) is 3.02. The molecule has 0 unspecified atom stereocenters. The Bertz CT molecular complexity index is 1470. The number of Topliss-reactive ketones (excluding diaryl/α,β-unsaturated/α-hetero) is 1. The van der Waals surface area contributed by atoms with Crippen molar-refractivity contribution in [3.8, 4) is 11.8 Å². The van der Waals surface area contributed by atoms with Gasteiger partial charge in [0.25, 0.3) is 5.91 Å². The highest BCUT2D eigenvalue weighted by molar-refractivity contribution is 5.97. The molecule has 9 nitrogen and oxygen atoms in total. The highest BCUT2D eigenvalue weighted by Gasteiger charge is 2.26. The van der Waals surface area contributed by atoms with Crippen LogP contribution in [0.3, 0.4) is 0 Å². The minimum Gasteiger partial charge on any atom is -0.490 e. The van der Waals surface area contributed by atoms with E-state index in [9.17, 15) is 14.4 Å². The Morgan fingerprint density at radius 2 is 1.72 bits per heavy atom. The van der Waals surface area contributed by atoms with Crippen molar-refractivity contribution < 1.29 is 19.1 Å². The highest BCUT2D eigenvalue weighted by Crippen LogP contribution is 2.25. The van der Waals surface area contributed by atoms with Gasteiger partial charge < -0.3 is 15.0 Å². The van der Waals surface area contributed by atoms with Gasteiger partial charge in [-0.2, -0.15) is 5.26 Å². The molecule has 0 bridgehead atoms. The maximum Gasteiger partial charge on any atom is 0.272 e. The molecule has 2 amide bonds. The second-order valence-corrected chi connectivity index (χ2v) is 11.4. The Labute approximate surface area is 252 Å². The Morgan fingerprint density at radius 3 is 2.37 bits per heavy atom. The van der Waals surface area contributed by atoms with Crippen molar-refractivity contribution in [1.82, 2.24) is 14.8 Å². The molecule has 0 aliphatic carbocycles. The van der Waals surface area contributed by atoms with Crippen LogP contribution in [0.2, 0.25) is 0 Å². The van der Waals surface area contributed by atoms with Crippen LogP contribution >= 0.6 is 0 Å². The first-order valence-electron chi connectivity index (χ1n) is 14.9. The molecule has 2 aromatic carbocycles. The van der Waals surface area contributed by atoms with Gasteiger partial charge in [-0.15, -0.1) is 0 Å². The molecular formula is C34H37N5O4. The van der Waals surface area contributed by atoms with Crippen molar-refractivity contribution in [3.05, 3.63) is 89.2 Å². The highest BCUT2D eigenvalue weighted by atomic mass is 16.5. The zero-order valence-corrected chi connectivity index (χ0v) is 24.5. The molecule has 9 heteroatoms. The smallest absolute Gasteiger partial charge is 0.272 e. The fourth-order valence-corrected chi connectivity index (χ4v) is 5.74. The molecule has 0 spiro atoms. The number of piperidine rings is 2. The van der Waals surface area contributed by atoms with Crippen LogP contribution in [0.15, 0.2) is 66.9 Å². The fraction of sp³-hybridized carbons (Fsp3) is 0.382. The largest absolute Gasteiger partial charge is 0.490 e. The van der Waals surface area contributed by atoms with Crippen LogP contribution in [0.25, 0.3) is 0 Å². The fourth-order valence-electron chi connectivity index (χ4n) is 5.74. The topological polar surface area (TPSA) is 116 Å². The number of benzene rings is 2. The lowest BCUT2D eigenvalue weighted by molar-refractivity contribution is -0.114. The Hall–Kier alpha value is -4.55. The number of hydrogen-bond donors (Lipinski definition) is 1. The molecule has 222 valence electrons. The molecule has 1 aromatic heterocycles. The van der Waals surface area contributed by atoms with E-state index < -0.39 is 0 Å². The molecule has 1 N–H and O–H groups in total.